The first kappa shape index (κ1) is 18.5. The molecule has 0 aliphatic heterocycles. The van der Waals surface area contributed by atoms with Gasteiger partial charge in [0.1, 0.15) is 22.4 Å². The van der Waals surface area contributed by atoms with Gasteiger partial charge in [0.15, 0.2) is 10.8 Å². The molecular weight excluding hydrogens is 359 g/mol. The predicted molar refractivity (Wildman–Crippen MR) is 83.7 cm³/mol. The van der Waals surface area contributed by atoms with Crippen LogP contribution in [0.2, 0.25) is 0 Å². The van der Waals surface area contributed by atoms with Gasteiger partial charge in [-0.2, -0.15) is 18.4 Å². The zero-order valence-electron chi connectivity index (χ0n) is 13.1. The standard InChI is InChI=1S/C15H12F3N3O3S/c1-23-9-3-4-10(24-2)8(5-9)6-12(22)20-14-21-13(15(16,17)18)11(7-19)25-14/h3-5H,6H2,1-2H3,(H,20,21,22). The quantitative estimate of drug-likeness (QED) is 0.872. The molecule has 0 bridgehead atoms. The first-order valence-electron chi connectivity index (χ1n) is 6.77. The third-order valence-electron chi connectivity index (χ3n) is 3.08. The van der Waals surface area contributed by atoms with Gasteiger partial charge in [0.2, 0.25) is 5.91 Å². The van der Waals surface area contributed by atoms with E-state index in [1.165, 1.54) is 20.3 Å². The van der Waals surface area contributed by atoms with Crippen LogP contribution < -0.4 is 14.8 Å². The summed E-state index contributed by atoms with van der Waals surface area (Å²) in [4.78, 5) is 14.8. The molecule has 0 aliphatic rings. The number of methoxy groups -OCH3 is 2. The van der Waals surface area contributed by atoms with Crippen LogP contribution in [0.1, 0.15) is 16.1 Å². The van der Waals surface area contributed by atoms with Crippen molar-refractivity contribution in [2.24, 2.45) is 0 Å². The number of hydrogen-bond donors (Lipinski definition) is 1. The van der Waals surface area contributed by atoms with E-state index in [1.54, 1.807) is 18.2 Å². The number of benzene rings is 1. The number of amides is 1. The van der Waals surface area contributed by atoms with E-state index in [2.05, 4.69) is 10.3 Å². The molecule has 0 atom stereocenters. The Morgan fingerprint density at radius 2 is 2.08 bits per heavy atom. The number of alkyl halides is 3. The van der Waals surface area contributed by atoms with Crippen molar-refractivity contribution in [3.05, 3.63) is 34.3 Å². The molecule has 2 rings (SSSR count). The second kappa shape index (κ2) is 7.40. The highest BCUT2D eigenvalue weighted by molar-refractivity contribution is 7.16. The summed E-state index contributed by atoms with van der Waals surface area (Å²) < 4.78 is 48.5. The highest BCUT2D eigenvalue weighted by Crippen LogP contribution is 2.35. The van der Waals surface area contributed by atoms with Gasteiger partial charge in [-0.3, -0.25) is 4.79 Å². The summed E-state index contributed by atoms with van der Waals surface area (Å²) >= 11 is 0.463. The molecule has 1 aromatic heterocycles. The van der Waals surface area contributed by atoms with E-state index < -0.39 is 22.7 Å². The number of nitrogens with one attached hydrogen (secondary N) is 1. The van der Waals surface area contributed by atoms with Crippen molar-refractivity contribution in [2.45, 2.75) is 12.6 Å². The molecule has 1 amide bonds. The molecule has 1 heterocycles. The van der Waals surface area contributed by atoms with Crippen LogP contribution in [0, 0.1) is 11.3 Å². The number of nitriles is 1. The van der Waals surface area contributed by atoms with Gasteiger partial charge in [-0.25, -0.2) is 4.98 Å². The molecule has 0 spiro atoms. The fraction of sp³-hybridized carbons (Fsp3) is 0.267. The molecule has 10 heteroatoms. The van der Waals surface area contributed by atoms with E-state index in [1.807, 2.05) is 0 Å². The summed E-state index contributed by atoms with van der Waals surface area (Å²) in [6.07, 6.45) is -4.93. The van der Waals surface area contributed by atoms with Gasteiger partial charge in [-0.1, -0.05) is 11.3 Å². The van der Waals surface area contributed by atoms with Gasteiger partial charge in [0.25, 0.3) is 0 Å². The number of anilines is 1. The molecule has 1 aromatic carbocycles. The van der Waals surface area contributed by atoms with Crippen LogP contribution in [-0.4, -0.2) is 25.1 Å². The summed E-state index contributed by atoms with van der Waals surface area (Å²) in [5.41, 5.74) is -0.818. The molecule has 132 valence electrons. The van der Waals surface area contributed by atoms with Crippen LogP contribution in [0.4, 0.5) is 18.3 Å². The minimum absolute atomic E-state index is 0.164. The van der Waals surface area contributed by atoms with Crippen LogP contribution in [0.25, 0.3) is 0 Å². The molecule has 0 saturated carbocycles. The summed E-state index contributed by atoms with van der Waals surface area (Å²) in [6, 6.07) is 6.27. The molecule has 2 aromatic rings. The van der Waals surface area contributed by atoms with Crippen molar-refractivity contribution < 1.29 is 27.4 Å². The summed E-state index contributed by atoms with van der Waals surface area (Å²) in [7, 11) is 2.89. The minimum atomic E-state index is -4.76. The highest BCUT2D eigenvalue weighted by atomic mass is 32.1. The lowest BCUT2D eigenvalue weighted by Gasteiger charge is -2.10. The van der Waals surface area contributed by atoms with Gasteiger partial charge in [-0.05, 0) is 18.2 Å². The van der Waals surface area contributed by atoms with Gasteiger partial charge < -0.3 is 14.8 Å². The van der Waals surface area contributed by atoms with Crippen molar-refractivity contribution in [2.75, 3.05) is 19.5 Å². The van der Waals surface area contributed by atoms with Crippen molar-refractivity contribution in [3.8, 4) is 17.6 Å². The topological polar surface area (TPSA) is 84.2 Å². The summed E-state index contributed by atoms with van der Waals surface area (Å²) in [5, 5.41) is 10.7. The Balaban J connectivity index is 2.19. The number of rotatable bonds is 5. The zero-order chi connectivity index (χ0) is 18.6. The van der Waals surface area contributed by atoms with E-state index in [-0.39, 0.29) is 11.6 Å². The third-order valence-corrected chi connectivity index (χ3v) is 3.96. The van der Waals surface area contributed by atoms with Gasteiger partial charge in [0.05, 0.1) is 20.6 Å². The maximum absolute atomic E-state index is 12.8. The zero-order valence-corrected chi connectivity index (χ0v) is 13.9. The fourth-order valence-electron chi connectivity index (χ4n) is 2.00. The third kappa shape index (κ3) is 4.39. The second-order valence-corrected chi connectivity index (χ2v) is 5.71. The van der Waals surface area contributed by atoms with Gasteiger partial charge in [0, 0.05) is 5.56 Å². The maximum Gasteiger partial charge on any atom is 0.435 e. The van der Waals surface area contributed by atoms with E-state index >= 15 is 0 Å². The lowest BCUT2D eigenvalue weighted by atomic mass is 10.1. The van der Waals surface area contributed by atoms with E-state index in [0.717, 1.165) is 0 Å². The number of halogens is 3. The van der Waals surface area contributed by atoms with Crippen LogP contribution >= 0.6 is 11.3 Å². The number of ether oxygens (including phenoxy) is 2. The average molecular weight is 371 g/mol. The van der Waals surface area contributed by atoms with Gasteiger partial charge >= 0.3 is 6.18 Å². The SMILES string of the molecule is COc1ccc(OC)c(CC(=O)Nc2nc(C(F)(F)F)c(C#N)s2)c1. The molecule has 25 heavy (non-hydrogen) atoms. The smallest absolute Gasteiger partial charge is 0.435 e. The Labute approximate surface area is 144 Å². The molecule has 1 N–H and O–H groups in total. The average Bonchev–Trinajstić information content (AvgIpc) is 2.97. The number of hydrogen-bond acceptors (Lipinski definition) is 6. The molecule has 0 aliphatic carbocycles. The summed E-state index contributed by atoms with van der Waals surface area (Å²) in [6.45, 7) is 0. The number of carbonyl (C=O) groups excluding carboxylic acids is 1. The molecule has 0 fully saturated rings. The van der Waals surface area contributed by atoms with Crippen LogP contribution in [0.5, 0.6) is 11.5 Å². The van der Waals surface area contributed by atoms with Crippen molar-refractivity contribution in [1.29, 1.82) is 5.26 Å². The molecular formula is C15H12F3N3O3S. The van der Waals surface area contributed by atoms with Crippen LogP contribution in [0.15, 0.2) is 18.2 Å². The minimum Gasteiger partial charge on any atom is -0.497 e. The van der Waals surface area contributed by atoms with Crippen molar-refractivity contribution >= 4 is 22.4 Å². The van der Waals surface area contributed by atoms with E-state index in [9.17, 15) is 18.0 Å². The van der Waals surface area contributed by atoms with Crippen molar-refractivity contribution in [1.82, 2.24) is 4.98 Å². The normalized spacial score (nSPS) is 10.9. The first-order chi connectivity index (χ1) is 11.8. The van der Waals surface area contributed by atoms with Gasteiger partial charge in [-0.15, -0.1) is 0 Å². The fourth-order valence-corrected chi connectivity index (χ4v) is 2.80. The highest BCUT2D eigenvalue weighted by Gasteiger charge is 2.38. The number of thiazole rings is 1. The maximum atomic E-state index is 12.8. The van der Waals surface area contributed by atoms with Crippen molar-refractivity contribution in [3.63, 3.8) is 0 Å². The van der Waals surface area contributed by atoms with Crippen LogP contribution in [-0.2, 0) is 17.4 Å². The predicted octanol–water partition coefficient (Wildman–Crippen LogP) is 3.23. The Kier molecular flexibility index (Phi) is 5.48. The van der Waals surface area contributed by atoms with E-state index in [4.69, 9.17) is 14.7 Å². The number of carbonyl (C=O) groups is 1. The Morgan fingerprint density at radius 1 is 1.36 bits per heavy atom. The van der Waals surface area contributed by atoms with Crippen LogP contribution in [0.3, 0.4) is 0 Å². The second-order valence-electron chi connectivity index (χ2n) is 4.71. The molecule has 0 unspecified atom stereocenters. The summed E-state index contributed by atoms with van der Waals surface area (Å²) in [5.74, 6) is 0.339. The molecule has 0 radical (unpaired) electrons. The Morgan fingerprint density at radius 3 is 2.60 bits per heavy atom. The largest absolute Gasteiger partial charge is 0.497 e. The monoisotopic (exact) mass is 371 g/mol. The first-order valence-corrected chi connectivity index (χ1v) is 7.59. The molecule has 0 saturated heterocycles. The number of aromatic nitrogens is 1. The lowest BCUT2D eigenvalue weighted by molar-refractivity contribution is -0.140. The Hall–Kier alpha value is -2.80. The number of nitrogens with zero attached hydrogens (tertiary/aromatic N) is 2. The lowest BCUT2D eigenvalue weighted by Crippen LogP contribution is -2.15. The Bertz CT molecular complexity index is 828. The molecule has 6 nitrogen and oxygen atoms in total. The van der Waals surface area contributed by atoms with E-state index in [0.29, 0.717) is 28.4 Å².